The Morgan fingerprint density at radius 2 is 2.06 bits per heavy atom. The summed E-state index contributed by atoms with van der Waals surface area (Å²) in [6, 6.07) is 5.97. The fourth-order valence-electron chi connectivity index (χ4n) is 1.76. The summed E-state index contributed by atoms with van der Waals surface area (Å²) in [4.78, 5) is 0. The zero-order chi connectivity index (χ0) is 11.4. The number of nitrogens with one attached hydrogen (secondary N) is 1. The minimum atomic E-state index is 0.0447. The molecule has 0 aromatic heterocycles. The standard InChI is InChI=1S/C12H18N2O2/c1-14-5-4-10(13)9-2-3-11-12(8-9)16-7-6-15-11/h2-3,8,10,14H,4-7,13H2,1H3. The highest BCUT2D eigenvalue weighted by molar-refractivity contribution is 5.44. The van der Waals surface area contributed by atoms with E-state index in [1.165, 1.54) is 0 Å². The second kappa shape index (κ2) is 5.18. The van der Waals surface area contributed by atoms with E-state index in [0.29, 0.717) is 13.2 Å². The Morgan fingerprint density at radius 3 is 2.81 bits per heavy atom. The van der Waals surface area contributed by atoms with E-state index >= 15 is 0 Å². The highest BCUT2D eigenvalue weighted by atomic mass is 16.6. The van der Waals surface area contributed by atoms with Crippen molar-refractivity contribution in [3.8, 4) is 11.5 Å². The third kappa shape index (κ3) is 2.46. The molecule has 1 aliphatic heterocycles. The van der Waals surface area contributed by atoms with Gasteiger partial charge in [-0.15, -0.1) is 0 Å². The number of rotatable bonds is 4. The van der Waals surface area contributed by atoms with Crippen molar-refractivity contribution in [2.75, 3.05) is 26.8 Å². The molecular weight excluding hydrogens is 204 g/mol. The number of hydrogen-bond acceptors (Lipinski definition) is 4. The van der Waals surface area contributed by atoms with Gasteiger partial charge in [0, 0.05) is 6.04 Å². The molecule has 0 aliphatic carbocycles. The molecule has 3 N–H and O–H groups in total. The van der Waals surface area contributed by atoms with E-state index in [0.717, 1.165) is 30.0 Å². The maximum atomic E-state index is 6.08. The fourth-order valence-corrected chi connectivity index (χ4v) is 1.76. The minimum Gasteiger partial charge on any atom is -0.486 e. The Hall–Kier alpha value is -1.26. The molecule has 16 heavy (non-hydrogen) atoms. The van der Waals surface area contributed by atoms with Crippen LogP contribution in [-0.2, 0) is 0 Å². The molecule has 2 rings (SSSR count). The SMILES string of the molecule is CNCCC(N)c1ccc2c(c1)OCCO2. The average Bonchev–Trinajstić information content (AvgIpc) is 2.35. The summed E-state index contributed by atoms with van der Waals surface area (Å²) in [5, 5.41) is 3.09. The van der Waals surface area contributed by atoms with E-state index in [9.17, 15) is 0 Å². The summed E-state index contributed by atoms with van der Waals surface area (Å²) in [5.41, 5.74) is 7.17. The zero-order valence-corrected chi connectivity index (χ0v) is 9.53. The van der Waals surface area contributed by atoms with E-state index in [4.69, 9.17) is 15.2 Å². The van der Waals surface area contributed by atoms with Crippen LogP contribution in [0.15, 0.2) is 18.2 Å². The molecule has 0 spiro atoms. The second-order valence-corrected chi connectivity index (χ2v) is 3.90. The molecule has 1 atom stereocenters. The molecule has 0 bridgehead atoms. The van der Waals surface area contributed by atoms with Crippen LogP contribution in [0.3, 0.4) is 0 Å². The van der Waals surface area contributed by atoms with Gasteiger partial charge in [-0.2, -0.15) is 0 Å². The lowest BCUT2D eigenvalue weighted by Crippen LogP contribution is -2.19. The van der Waals surface area contributed by atoms with E-state index in [1.54, 1.807) is 0 Å². The predicted octanol–water partition coefficient (Wildman–Crippen LogP) is 1.07. The Balaban J connectivity index is 2.10. The van der Waals surface area contributed by atoms with Crippen molar-refractivity contribution < 1.29 is 9.47 Å². The Labute approximate surface area is 95.7 Å². The van der Waals surface area contributed by atoms with Gasteiger partial charge in [0.05, 0.1) is 0 Å². The number of nitrogens with two attached hydrogens (primary N) is 1. The quantitative estimate of drug-likeness (QED) is 0.800. The number of fused-ring (bicyclic) bond motifs is 1. The van der Waals surface area contributed by atoms with Gasteiger partial charge in [-0.25, -0.2) is 0 Å². The van der Waals surface area contributed by atoms with Crippen molar-refractivity contribution in [1.29, 1.82) is 0 Å². The molecule has 1 aliphatic rings. The molecule has 0 amide bonds. The van der Waals surface area contributed by atoms with Crippen LogP contribution < -0.4 is 20.5 Å². The molecule has 0 saturated heterocycles. The smallest absolute Gasteiger partial charge is 0.161 e. The Kier molecular flexibility index (Phi) is 3.64. The molecule has 0 saturated carbocycles. The van der Waals surface area contributed by atoms with Crippen molar-refractivity contribution in [1.82, 2.24) is 5.32 Å². The van der Waals surface area contributed by atoms with Gasteiger partial charge in [-0.3, -0.25) is 0 Å². The van der Waals surface area contributed by atoms with Gasteiger partial charge >= 0.3 is 0 Å². The second-order valence-electron chi connectivity index (χ2n) is 3.90. The van der Waals surface area contributed by atoms with Crippen molar-refractivity contribution in [3.05, 3.63) is 23.8 Å². The molecule has 0 radical (unpaired) electrons. The molecule has 4 heteroatoms. The summed E-state index contributed by atoms with van der Waals surface area (Å²) >= 11 is 0. The van der Waals surface area contributed by atoms with Crippen LogP contribution in [-0.4, -0.2) is 26.8 Å². The lowest BCUT2D eigenvalue weighted by molar-refractivity contribution is 0.171. The van der Waals surface area contributed by atoms with Crippen LogP contribution in [0.25, 0.3) is 0 Å². The van der Waals surface area contributed by atoms with Crippen LogP contribution in [0.5, 0.6) is 11.5 Å². The van der Waals surface area contributed by atoms with Crippen LogP contribution in [0, 0.1) is 0 Å². The van der Waals surface area contributed by atoms with Gasteiger partial charge in [0.2, 0.25) is 0 Å². The lowest BCUT2D eigenvalue weighted by Gasteiger charge is -2.20. The number of ether oxygens (including phenoxy) is 2. The summed E-state index contributed by atoms with van der Waals surface area (Å²) in [6.07, 6.45) is 0.913. The van der Waals surface area contributed by atoms with Crippen molar-refractivity contribution in [2.45, 2.75) is 12.5 Å². The van der Waals surface area contributed by atoms with E-state index < -0.39 is 0 Å². The maximum absolute atomic E-state index is 6.08. The first-order valence-corrected chi connectivity index (χ1v) is 5.61. The summed E-state index contributed by atoms with van der Waals surface area (Å²) in [5.74, 6) is 1.62. The molecule has 4 nitrogen and oxygen atoms in total. The van der Waals surface area contributed by atoms with E-state index in [1.807, 2.05) is 25.2 Å². The molecule has 88 valence electrons. The Bertz CT molecular complexity index is 355. The summed E-state index contributed by atoms with van der Waals surface area (Å²) in [6.45, 7) is 2.15. The van der Waals surface area contributed by atoms with Crippen LogP contribution >= 0.6 is 0 Å². The monoisotopic (exact) mass is 222 g/mol. The van der Waals surface area contributed by atoms with E-state index in [-0.39, 0.29) is 6.04 Å². The van der Waals surface area contributed by atoms with Crippen molar-refractivity contribution in [3.63, 3.8) is 0 Å². The number of hydrogen-bond donors (Lipinski definition) is 2. The highest BCUT2D eigenvalue weighted by Gasteiger charge is 2.14. The van der Waals surface area contributed by atoms with E-state index in [2.05, 4.69) is 5.32 Å². The van der Waals surface area contributed by atoms with Crippen molar-refractivity contribution >= 4 is 0 Å². The lowest BCUT2D eigenvalue weighted by atomic mass is 10.0. The largest absolute Gasteiger partial charge is 0.486 e. The molecule has 1 aromatic carbocycles. The number of benzene rings is 1. The van der Waals surface area contributed by atoms with Gasteiger partial charge in [-0.1, -0.05) is 6.07 Å². The average molecular weight is 222 g/mol. The molecule has 1 aromatic rings. The van der Waals surface area contributed by atoms with Gasteiger partial charge in [0.25, 0.3) is 0 Å². The normalized spacial score (nSPS) is 15.9. The zero-order valence-electron chi connectivity index (χ0n) is 9.53. The van der Waals surface area contributed by atoms with Gasteiger partial charge in [0.15, 0.2) is 11.5 Å². The van der Waals surface area contributed by atoms with Gasteiger partial charge in [0.1, 0.15) is 13.2 Å². The van der Waals surface area contributed by atoms with Gasteiger partial charge < -0.3 is 20.5 Å². The minimum absolute atomic E-state index is 0.0447. The van der Waals surface area contributed by atoms with Crippen molar-refractivity contribution in [2.24, 2.45) is 5.73 Å². The van der Waals surface area contributed by atoms with Crippen LogP contribution in [0.1, 0.15) is 18.0 Å². The summed E-state index contributed by atoms with van der Waals surface area (Å²) in [7, 11) is 1.93. The van der Waals surface area contributed by atoms with Gasteiger partial charge in [-0.05, 0) is 37.7 Å². The first kappa shape index (κ1) is 11.2. The molecule has 0 fully saturated rings. The van der Waals surface area contributed by atoms with Crippen LogP contribution in [0.2, 0.25) is 0 Å². The summed E-state index contributed by atoms with van der Waals surface area (Å²) < 4.78 is 11.0. The highest BCUT2D eigenvalue weighted by Crippen LogP contribution is 2.32. The predicted molar refractivity (Wildman–Crippen MR) is 62.9 cm³/mol. The van der Waals surface area contributed by atoms with Crippen LogP contribution in [0.4, 0.5) is 0 Å². The molecule has 1 heterocycles. The third-order valence-electron chi connectivity index (χ3n) is 2.70. The third-order valence-corrected chi connectivity index (χ3v) is 2.70. The first-order chi connectivity index (χ1) is 7.81. The maximum Gasteiger partial charge on any atom is 0.161 e. The molecule has 1 unspecified atom stereocenters. The Morgan fingerprint density at radius 1 is 1.31 bits per heavy atom. The topological polar surface area (TPSA) is 56.5 Å². The first-order valence-electron chi connectivity index (χ1n) is 5.61. The molecular formula is C12H18N2O2. The fraction of sp³-hybridized carbons (Fsp3) is 0.500.